The Hall–Kier alpha value is -1.06. The molecule has 1 N–H and O–H groups in total. The van der Waals surface area contributed by atoms with Crippen molar-refractivity contribution in [3.8, 4) is 5.75 Å². The highest BCUT2D eigenvalue weighted by Crippen LogP contribution is 2.14. The monoisotopic (exact) mass is 251 g/mol. The Balaban J connectivity index is 2.33. The van der Waals surface area contributed by atoms with Crippen LogP contribution in [0.2, 0.25) is 0 Å². The molecule has 102 valence electrons. The van der Waals surface area contributed by atoms with Gasteiger partial charge >= 0.3 is 0 Å². The van der Waals surface area contributed by atoms with Crippen LogP contribution in [0.1, 0.15) is 25.8 Å². The molecule has 0 aromatic heterocycles. The Morgan fingerprint density at radius 3 is 2.56 bits per heavy atom. The molecule has 1 atom stereocenters. The first kappa shape index (κ1) is 15.0. The predicted molar refractivity (Wildman–Crippen MR) is 75.3 cm³/mol. The first-order valence-electron chi connectivity index (χ1n) is 6.71. The minimum absolute atomic E-state index is 0.196. The predicted octanol–water partition coefficient (Wildman–Crippen LogP) is 2.64. The normalized spacial score (nSPS) is 12.4. The van der Waals surface area contributed by atoms with Crippen LogP contribution in [0.4, 0.5) is 0 Å². The van der Waals surface area contributed by atoms with Crippen LogP contribution in [-0.2, 0) is 11.2 Å². The van der Waals surface area contributed by atoms with Gasteiger partial charge in [0.15, 0.2) is 0 Å². The lowest BCUT2D eigenvalue weighted by atomic mass is 10.1. The number of ether oxygens (including phenoxy) is 2. The van der Waals surface area contributed by atoms with Gasteiger partial charge in [0.2, 0.25) is 0 Å². The molecule has 0 radical (unpaired) electrons. The van der Waals surface area contributed by atoms with E-state index in [2.05, 4.69) is 31.3 Å². The van der Waals surface area contributed by atoms with Crippen LogP contribution in [-0.4, -0.2) is 32.9 Å². The van der Waals surface area contributed by atoms with Gasteiger partial charge in [0.25, 0.3) is 0 Å². The smallest absolute Gasteiger partial charge is 0.119 e. The zero-order chi connectivity index (χ0) is 13.2. The Labute approximate surface area is 110 Å². The molecule has 3 nitrogen and oxygen atoms in total. The summed E-state index contributed by atoms with van der Waals surface area (Å²) in [5.41, 5.74) is 1.28. The largest absolute Gasteiger partial charge is 0.489 e. The summed E-state index contributed by atoms with van der Waals surface area (Å²) in [6.07, 6.45) is 2.30. The molecule has 0 aliphatic heterocycles. The van der Waals surface area contributed by atoms with Crippen LogP contribution in [0.15, 0.2) is 24.3 Å². The van der Waals surface area contributed by atoms with Crippen molar-refractivity contribution < 1.29 is 9.47 Å². The number of hydrogen-bond acceptors (Lipinski definition) is 3. The summed E-state index contributed by atoms with van der Waals surface area (Å²) in [5.74, 6) is 0.932. The molecule has 0 aliphatic rings. The van der Waals surface area contributed by atoms with Gasteiger partial charge in [0.05, 0.1) is 6.61 Å². The topological polar surface area (TPSA) is 30.5 Å². The first-order chi connectivity index (χ1) is 8.76. The van der Waals surface area contributed by atoms with E-state index < -0.39 is 0 Å². The number of hydrogen-bond donors (Lipinski definition) is 1. The standard InChI is InChI=1S/C15H25NO2/c1-4-10-16-12-13(2)18-15-7-5-14(6-8-15)9-11-17-3/h5-8,13,16H,4,9-12H2,1-3H3. The summed E-state index contributed by atoms with van der Waals surface area (Å²) in [4.78, 5) is 0. The summed E-state index contributed by atoms with van der Waals surface area (Å²) in [6, 6.07) is 8.25. The average Bonchev–Trinajstić information content (AvgIpc) is 2.38. The molecule has 18 heavy (non-hydrogen) atoms. The fourth-order valence-electron chi connectivity index (χ4n) is 1.71. The maximum absolute atomic E-state index is 5.83. The second-order valence-corrected chi connectivity index (χ2v) is 4.52. The van der Waals surface area contributed by atoms with E-state index in [1.165, 1.54) is 5.56 Å². The third kappa shape index (κ3) is 6.03. The molecule has 3 heteroatoms. The molecule has 1 unspecified atom stereocenters. The third-order valence-corrected chi connectivity index (χ3v) is 2.71. The number of nitrogens with one attached hydrogen (secondary N) is 1. The van der Waals surface area contributed by atoms with Crippen molar-refractivity contribution in [2.75, 3.05) is 26.8 Å². The summed E-state index contributed by atoms with van der Waals surface area (Å²) in [5, 5.41) is 3.35. The van der Waals surface area contributed by atoms with E-state index in [0.29, 0.717) is 0 Å². The van der Waals surface area contributed by atoms with Gasteiger partial charge in [0, 0.05) is 13.7 Å². The number of rotatable bonds is 9. The van der Waals surface area contributed by atoms with Gasteiger partial charge < -0.3 is 14.8 Å². The first-order valence-corrected chi connectivity index (χ1v) is 6.71. The van der Waals surface area contributed by atoms with E-state index in [1.807, 2.05) is 12.1 Å². The summed E-state index contributed by atoms with van der Waals surface area (Å²) >= 11 is 0. The Morgan fingerprint density at radius 1 is 1.22 bits per heavy atom. The Kier molecular flexibility index (Phi) is 7.46. The molecule has 0 amide bonds. The number of methoxy groups -OCH3 is 1. The molecular weight excluding hydrogens is 226 g/mol. The zero-order valence-corrected chi connectivity index (χ0v) is 11.7. The second kappa shape index (κ2) is 8.95. The van der Waals surface area contributed by atoms with Gasteiger partial charge in [0.1, 0.15) is 11.9 Å². The van der Waals surface area contributed by atoms with Gasteiger partial charge in [-0.05, 0) is 44.0 Å². The van der Waals surface area contributed by atoms with E-state index in [9.17, 15) is 0 Å². The average molecular weight is 251 g/mol. The summed E-state index contributed by atoms with van der Waals surface area (Å²) < 4.78 is 10.9. The highest BCUT2D eigenvalue weighted by atomic mass is 16.5. The van der Waals surface area contributed by atoms with Crippen molar-refractivity contribution in [3.63, 3.8) is 0 Å². The van der Waals surface area contributed by atoms with E-state index >= 15 is 0 Å². The van der Waals surface area contributed by atoms with Gasteiger partial charge in [-0.2, -0.15) is 0 Å². The fourth-order valence-corrected chi connectivity index (χ4v) is 1.71. The van der Waals surface area contributed by atoms with Crippen molar-refractivity contribution in [3.05, 3.63) is 29.8 Å². The van der Waals surface area contributed by atoms with Crippen molar-refractivity contribution in [1.29, 1.82) is 0 Å². The summed E-state index contributed by atoms with van der Waals surface area (Å²) in [7, 11) is 1.72. The summed E-state index contributed by atoms with van der Waals surface area (Å²) in [6.45, 7) is 6.94. The van der Waals surface area contributed by atoms with Crippen LogP contribution in [0, 0.1) is 0 Å². The van der Waals surface area contributed by atoms with Crippen LogP contribution >= 0.6 is 0 Å². The molecule has 0 aliphatic carbocycles. The molecule has 0 fully saturated rings. The van der Waals surface area contributed by atoms with E-state index in [1.54, 1.807) is 7.11 Å². The van der Waals surface area contributed by atoms with Gasteiger partial charge in [-0.15, -0.1) is 0 Å². The molecule has 0 spiro atoms. The van der Waals surface area contributed by atoms with Gasteiger partial charge in [-0.1, -0.05) is 19.1 Å². The van der Waals surface area contributed by atoms with Gasteiger partial charge in [-0.3, -0.25) is 0 Å². The Morgan fingerprint density at radius 2 is 1.94 bits per heavy atom. The maximum Gasteiger partial charge on any atom is 0.119 e. The van der Waals surface area contributed by atoms with E-state index in [0.717, 1.165) is 38.3 Å². The van der Waals surface area contributed by atoms with E-state index in [-0.39, 0.29) is 6.10 Å². The lowest BCUT2D eigenvalue weighted by Gasteiger charge is -2.15. The minimum atomic E-state index is 0.196. The maximum atomic E-state index is 5.83. The molecule has 0 saturated heterocycles. The zero-order valence-electron chi connectivity index (χ0n) is 11.7. The van der Waals surface area contributed by atoms with Crippen molar-refractivity contribution in [2.24, 2.45) is 0 Å². The van der Waals surface area contributed by atoms with Crippen molar-refractivity contribution >= 4 is 0 Å². The molecule has 1 rings (SSSR count). The molecule has 1 aromatic rings. The molecular formula is C15H25NO2. The number of benzene rings is 1. The quantitative estimate of drug-likeness (QED) is 0.684. The molecule has 0 bridgehead atoms. The van der Waals surface area contributed by atoms with Crippen molar-refractivity contribution in [1.82, 2.24) is 5.32 Å². The Bertz CT molecular complexity index is 311. The minimum Gasteiger partial charge on any atom is -0.489 e. The highest BCUT2D eigenvalue weighted by Gasteiger charge is 2.03. The van der Waals surface area contributed by atoms with E-state index in [4.69, 9.17) is 9.47 Å². The molecule has 1 aromatic carbocycles. The van der Waals surface area contributed by atoms with Crippen LogP contribution in [0.25, 0.3) is 0 Å². The third-order valence-electron chi connectivity index (χ3n) is 2.71. The second-order valence-electron chi connectivity index (χ2n) is 4.52. The van der Waals surface area contributed by atoms with Gasteiger partial charge in [-0.25, -0.2) is 0 Å². The fraction of sp³-hybridized carbons (Fsp3) is 0.600. The highest BCUT2D eigenvalue weighted by molar-refractivity contribution is 5.27. The molecule has 0 saturated carbocycles. The SMILES string of the molecule is CCCNCC(C)Oc1ccc(CCOC)cc1. The lowest BCUT2D eigenvalue weighted by molar-refractivity contribution is 0.202. The molecule has 0 heterocycles. The van der Waals surface area contributed by atoms with Crippen molar-refractivity contribution in [2.45, 2.75) is 32.8 Å². The lowest BCUT2D eigenvalue weighted by Crippen LogP contribution is -2.29. The van der Waals surface area contributed by atoms with Crippen LogP contribution in [0.5, 0.6) is 5.75 Å². The van der Waals surface area contributed by atoms with Crippen LogP contribution in [0.3, 0.4) is 0 Å². The van der Waals surface area contributed by atoms with Crippen LogP contribution < -0.4 is 10.1 Å².